The third-order valence-corrected chi connectivity index (χ3v) is 4.04. The molecule has 20 heavy (non-hydrogen) atoms. The Bertz CT molecular complexity index is 371. The number of nitrogens with zero attached hydrogens (tertiary/aromatic N) is 3. The molecule has 0 radical (unpaired) electrons. The molecule has 1 aliphatic heterocycles. The maximum atomic E-state index is 5.46. The van der Waals surface area contributed by atoms with Crippen molar-refractivity contribution in [1.29, 1.82) is 0 Å². The van der Waals surface area contributed by atoms with E-state index in [1.54, 1.807) is 0 Å². The van der Waals surface area contributed by atoms with Gasteiger partial charge in [0.15, 0.2) is 0 Å². The Balaban J connectivity index is 1.69. The third kappa shape index (κ3) is 4.85. The van der Waals surface area contributed by atoms with Crippen LogP contribution in [-0.2, 0) is 11.2 Å². The maximum Gasteiger partial charge on any atom is 0.0593 e. The predicted octanol–water partition coefficient (Wildman–Crippen LogP) is 1.67. The van der Waals surface area contributed by atoms with E-state index in [4.69, 9.17) is 4.74 Å². The Hall–Kier alpha value is -0.970. The van der Waals surface area contributed by atoms with E-state index >= 15 is 0 Å². The summed E-state index contributed by atoms with van der Waals surface area (Å²) in [4.78, 5) is 9.18. The topological polar surface area (TPSA) is 28.6 Å². The van der Waals surface area contributed by atoms with Crippen molar-refractivity contribution in [1.82, 2.24) is 14.8 Å². The lowest BCUT2D eigenvalue weighted by Crippen LogP contribution is -2.52. The molecular weight excluding hydrogens is 250 g/mol. The predicted molar refractivity (Wildman–Crippen MR) is 81.9 cm³/mol. The second-order valence-electron chi connectivity index (χ2n) is 5.49. The zero-order valence-electron chi connectivity index (χ0n) is 12.8. The lowest BCUT2D eigenvalue weighted by atomic mass is 10.1. The van der Waals surface area contributed by atoms with Crippen LogP contribution in [-0.4, -0.2) is 66.8 Å². The molecule has 4 heteroatoms. The van der Waals surface area contributed by atoms with Crippen LogP contribution in [0.25, 0.3) is 0 Å². The van der Waals surface area contributed by atoms with Gasteiger partial charge in [-0.3, -0.25) is 9.88 Å². The Morgan fingerprint density at radius 3 is 2.75 bits per heavy atom. The zero-order valence-corrected chi connectivity index (χ0v) is 12.8. The number of aromatic nitrogens is 1. The van der Waals surface area contributed by atoms with Gasteiger partial charge in [0.2, 0.25) is 0 Å². The van der Waals surface area contributed by atoms with E-state index < -0.39 is 0 Å². The van der Waals surface area contributed by atoms with Gasteiger partial charge in [0.05, 0.1) is 6.61 Å². The van der Waals surface area contributed by atoms with E-state index in [0.29, 0.717) is 6.04 Å². The quantitative estimate of drug-likeness (QED) is 0.709. The number of piperazine rings is 1. The molecule has 0 spiro atoms. The lowest BCUT2D eigenvalue weighted by molar-refractivity contribution is 0.0498. The smallest absolute Gasteiger partial charge is 0.0593 e. The van der Waals surface area contributed by atoms with Crippen LogP contribution in [0.2, 0.25) is 0 Å². The molecule has 0 aromatic carbocycles. The van der Waals surface area contributed by atoms with Crippen molar-refractivity contribution in [3.05, 3.63) is 30.1 Å². The fraction of sp³-hybridized carbons (Fsp3) is 0.688. The molecule has 1 fully saturated rings. The summed E-state index contributed by atoms with van der Waals surface area (Å²) in [5.41, 5.74) is 1.38. The van der Waals surface area contributed by atoms with E-state index in [9.17, 15) is 0 Å². The van der Waals surface area contributed by atoms with E-state index in [-0.39, 0.29) is 0 Å². The number of ether oxygens (including phenoxy) is 1. The van der Waals surface area contributed by atoms with Crippen molar-refractivity contribution in [2.45, 2.75) is 26.3 Å². The molecule has 0 aliphatic carbocycles. The van der Waals surface area contributed by atoms with Gasteiger partial charge in [-0.25, -0.2) is 0 Å². The summed E-state index contributed by atoms with van der Waals surface area (Å²) in [6.07, 6.45) is 4.88. The maximum absolute atomic E-state index is 5.46. The molecule has 0 saturated carbocycles. The van der Waals surface area contributed by atoms with Crippen molar-refractivity contribution >= 4 is 0 Å². The first-order chi connectivity index (χ1) is 9.79. The Kier molecular flexibility index (Phi) is 6.43. The summed E-state index contributed by atoms with van der Waals surface area (Å²) < 4.78 is 5.46. The van der Waals surface area contributed by atoms with Crippen molar-refractivity contribution in [2.24, 2.45) is 0 Å². The standard InChI is InChI=1S/C16H27N3O/c1-3-20-13-12-19-11-10-18(14-15(19)2)9-6-16-4-7-17-8-5-16/h4-5,7-8,15H,3,6,9-14H2,1-2H3/t15-/m0/s1. The van der Waals surface area contributed by atoms with Crippen molar-refractivity contribution < 1.29 is 4.74 Å². The summed E-state index contributed by atoms with van der Waals surface area (Å²) in [6, 6.07) is 4.85. The molecule has 1 aromatic rings. The molecule has 4 nitrogen and oxygen atoms in total. The lowest BCUT2D eigenvalue weighted by Gasteiger charge is -2.39. The molecule has 0 N–H and O–H groups in total. The minimum Gasteiger partial charge on any atom is -0.380 e. The van der Waals surface area contributed by atoms with Gasteiger partial charge >= 0.3 is 0 Å². The molecule has 112 valence electrons. The first-order valence-electron chi connectivity index (χ1n) is 7.72. The SMILES string of the molecule is CCOCCN1CCN(CCc2ccncc2)C[C@@H]1C. The van der Waals surface area contributed by atoms with Gasteiger partial charge in [-0.2, -0.15) is 0 Å². The minimum absolute atomic E-state index is 0.627. The highest BCUT2D eigenvalue weighted by atomic mass is 16.5. The van der Waals surface area contributed by atoms with E-state index in [2.05, 4.69) is 40.8 Å². The molecule has 0 unspecified atom stereocenters. The number of hydrogen-bond donors (Lipinski definition) is 0. The first kappa shape index (κ1) is 15.4. The molecule has 0 amide bonds. The van der Waals surface area contributed by atoms with Crippen LogP contribution in [0.3, 0.4) is 0 Å². The van der Waals surface area contributed by atoms with Gasteiger partial charge in [0, 0.05) is 57.8 Å². The van der Waals surface area contributed by atoms with Gasteiger partial charge in [0.25, 0.3) is 0 Å². The molecule has 1 saturated heterocycles. The fourth-order valence-electron chi connectivity index (χ4n) is 2.77. The average molecular weight is 277 g/mol. The molecule has 2 rings (SSSR count). The Labute approximate surface area is 122 Å². The minimum atomic E-state index is 0.627. The van der Waals surface area contributed by atoms with Crippen LogP contribution in [0.4, 0.5) is 0 Å². The zero-order chi connectivity index (χ0) is 14.2. The molecule has 0 bridgehead atoms. The van der Waals surface area contributed by atoms with Crippen molar-refractivity contribution in [3.8, 4) is 0 Å². The number of hydrogen-bond acceptors (Lipinski definition) is 4. The summed E-state index contributed by atoms with van der Waals surface area (Å²) in [5, 5.41) is 0. The van der Waals surface area contributed by atoms with Crippen LogP contribution < -0.4 is 0 Å². The monoisotopic (exact) mass is 277 g/mol. The van der Waals surface area contributed by atoms with Gasteiger partial charge in [-0.1, -0.05) is 0 Å². The molecule has 1 aliphatic rings. The summed E-state index contributed by atoms with van der Waals surface area (Å²) >= 11 is 0. The van der Waals surface area contributed by atoms with Crippen molar-refractivity contribution in [2.75, 3.05) is 45.9 Å². The molecule has 1 aromatic heterocycles. The summed E-state index contributed by atoms with van der Waals surface area (Å²) in [7, 11) is 0. The Morgan fingerprint density at radius 2 is 2.05 bits per heavy atom. The Morgan fingerprint density at radius 1 is 1.25 bits per heavy atom. The first-order valence-corrected chi connectivity index (χ1v) is 7.72. The molecule has 1 atom stereocenters. The van der Waals surface area contributed by atoms with Gasteiger partial charge in [-0.15, -0.1) is 0 Å². The fourth-order valence-corrected chi connectivity index (χ4v) is 2.77. The summed E-state index contributed by atoms with van der Waals surface area (Å²) in [6.45, 7) is 11.8. The van der Waals surface area contributed by atoms with Crippen LogP contribution in [0.1, 0.15) is 19.4 Å². The average Bonchev–Trinajstić information content (AvgIpc) is 2.48. The van der Waals surface area contributed by atoms with E-state index in [1.165, 1.54) is 12.1 Å². The highest BCUT2D eigenvalue weighted by Gasteiger charge is 2.22. The van der Waals surface area contributed by atoms with Gasteiger partial charge < -0.3 is 9.64 Å². The molecular formula is C16H27N3O. The number of pyridine rings is 1. The third-order valence-electron chi connectivity index (χ3n) is 4.04. The van der Waals surface area contributed by atoms with Crippen LogP contribution in [0.5, 0.6) is 0 Å². The van der Waals surface area contributed by atoms with Crippen LogP contribution >= 0.6 is 0 Å². The van der Waals surface area contributed by atoms with Crippen molar-refractivity contribution in [3.63, 3.8) is 0 Å². The van der Waals surface area contributed by atoms with E-state index in [1.807, 2.05) is 12.4 Å². The highest BCUT2D eigenvalue weighted by molar-refractivity contribution is 5.10. The normalized spacial score (nSPS) is 21.2. The van der Waals surface area contributed by atoms with Gasteiger partial charge in [-0.05, 0) is 38.0 Å². The van der Waals surface area contributed by atoms with Crippen LogP contribution in [0.15, 0.2) is 24.5 Å². The molecule has 2 heterocycles. The second-order valence-corrected chi connectivity index (χ2v) is 5.49. The largest absolute Gasteiger partial charge is 0.380 e. The summed E-state index contributed by atoms with van der Waals surface area (Å²) in [5.74, 6) is 0. The second kappa shape index (κ2) is 8.35. The van der Waals surface area contributed by atoms with Gasteiger partial charge in [0.1, 0.15) is 0 Å². The van der Waals surface area contributed by atoms with Crippen LogP contribution in [0, 0.1) is 0 Å². The number of rotatable bonds is 7. The van der Waals surface area contributed by atoms with E-state index in [0.717, 1.165) is 45.8 Å². The highest BCUT2D eigenvalue weighted by Crippen LogP contribution is 2.10.